The minimum absolute atomic E-state index is 0.144. The standard InChI is InChI=1S/C19H32N4O3/c1-3-5-14-26-15-6-11-22-19(20-4-2)23-13-12-21-18(25)16-7-9-17(24)10-8-16/h7-10,24H,3-6,11-15H2,1-2H3,(H,21,25)(H2,20,22,23). The third-order valence-corrected chi connectivity index (χ3v) is 3.54. The number of amides is 1. The van der Waals surface area contributed by atoms with E-state index in [2.05, 4.69) is 27.9 Å². The van der Waals surface area contributed by atoms with Crippen LogP contribution in [0.15, 0.2) is 29.3 Å². The van der Waals surface area contributed by atoms with E-state index in [1.165, 1.54) is 12.1 Å². The van der Waals surface area contributed by atoms with Crippen LogP contribution in [0.2, 0.25) is 0 Å². The van der Waals surface area contributed by atoms with Crippen LogP contribution >= 0.6 is 0 Å². The Morgan fingerprint density at radius 3 is 2.42 bits per heavy atom. The molecule has 0 aliphatic rings. The molecule has 0 aliphatic heterocycles. The van der Waals surface area contributed by atoms with Gasteiger partial charge in [0, 0.05) is 45.0 Å². The Bertz CT molecular complexity index is 532. The minimum atomic E-state index is -0.169. The van der Waals surface area contributed by atoms with Gasteiger partial charge in [-0.05, 0) is 44.0 Å². The van der Waals surface area contributed by atoms with Crippen molar-refractivity contribution >= 4 is 11.9 Å². The molecule has 7 nitrogen and oxygen atoms in total. The third-order valence-electron chi connectivity index (χ3n) is 3.54. The summed E-state index contributed by atoms with van der Waals surface area (Å²) in [5, 5.41) is 18.4. The second-order valence-electron chi connectivity index (χ2n) is 5.81. The molecular formula is C19H32N4O3. The van der Waals surface area contributed by atoms with Gasteiger partial charge in [0.25, 0.3) is 5.91 Å². The Morgan fingerprint density at radius 1 is 1.04 bits per heavy atom. The Hall–Kier alpha value is -2.28. The molecule has 0 radical (unpaired) electrons. The van der Waals surface area contributed by atoms with E-state index in [0.29, 0.717) is 25.2 Å². The Labute approximate surface area is 156 Å². The van der Waals surface area contributed by atoms with E-state index in [9.17, 15) is 9.90 Å². The van der Waals surface area contributed by atoms with Crippen molar-refractivity contribution in [3.63, 3.8) is 0 Å². The largest absolute Gasteiger partial charge is 0.508 e. The summed E-state index contributed by atoms with van der Waals surface area (Å²) in [5.74, 6) is 0.711. The second-order valence-corrected chi connectivity index (χ2v) is 5.81. The maximum absolute atomic E-state index is 12.0. The average Bonchev–Trinajstić information content (AvgIpc) is 2.64. The lowest BCUT2D eigenvalue weighted by molar-refractivity contribution is 0.0954. The highest BCUT2D eigenvalue weighted by molar-refractivity contribution is 5.94. The van der Waals surface area contributed by atoms with Gasteiger partial charge in [0.15, 0.2) is 5.96 Å². The monoisotopic (exact) mass is 364 g/mol. The average molecular weight is 364 g/mol. The second kappa shape index (κ2) is 13.9. The molecule has 0 unspecified atom stereocenters. The summed E-state index contributed by atoms with van der Waals surface area (Å²) < 4.78 is 5.52. The van der Waals surface area contributed by atoms with Crippen LogP contribution in [0.1, 0.15) is 43.5 Å². The number of ether oxygens (including phenoxy) is 1. The summed E-state index contributed by atoms with van der Waals surface area (Å²) in [6, 6.07) is 6.17. The van der Waals surface area contributed by atoms with Gasteiger partial charge in [-0.15, -0.1) is 0 Å². The lowest BCUT2D eigenvalue weighted by Crippen LogP contribution is -2.41. The van der Waals surface area contributed by atoms with Gasteiger partial charge in [0.2, 0.25) is 0 Å². The highest BCUT2D eigenvalue weighted by Gasteiger charge is 2.04. The molecule has 1 aromatic carbocycles. The van der Waals surface area contributed by atoms with Crippen LogP contribution in [0, 0.1) is 0 Å². The van der Waals surface area contributed by atoms with Crippen LogP contribution in [0.25, 0.3) is 0 Å². The van der Waals surface area contributed by atoms with Crippen LogP contribution in [-0.2, 0) is 4.74 Å². The number of nitrogens with zero attached hydrogens (tertiary/aromatic N) is 1. The summed E-state index contributed by atoms with van der Waals surface area (Å²) in [5.41, 5.74) is 0.520. The van der Waals surface area contributed by atoms with Gasteiger partial charge < -0.3 is 25.8 Å². The quantitative estimate of drug-likeness (QED) is 0.258. The molecule has 26 heavy (non-hydrogen) atoms. The van der Waals surface area contributed by atoms with E-state index in [1.54, 1.807) is 12.1 Å². The molecular weight excluding hydrogens is 332 g/mol. The molecule has 0 saturated heterocycles. The smallest absolute Gasteiger partial charge is 0.251 e. The number of carbonyl (C=O) groups is 1. The molecule has 1 rings (SSSR count). The molecule has 1 amide bonds. The summed E-state index contributed by atoms with van der Waals surface area (Å²) in [4.78, 5) is 16.5. The topological polar surface area (TPSA) is 95.0 Å². The zero-order valence-electron chi connectivity index (χ0n) is 15.9. The zero-order valence-corrected chi connectivity index (χ0v) is 15.9. The van der Waals surface area contributed by atoms with Crippen molar-refractivity contribution in [2.24, 2.45) is 4.99 Å². The van der Waals surface area contributed by atoms with E-state index >= 15 is 0 Å². The molecule has 7 heteroatoms. The first kappa shape index (κ1) is 21.8. The van der Waals surface area contributed by atoms with Crippen molar-refractivity contribution < 1.29 is 14.6 Å². The molecule has 0 fully saturated rings. The number of rotatable bonds is 12. The number of nitrogens with one attached hydrogen (secondary N) is 3. The normalized spacial score (nSPS) is 11.2. The number of phenolic OH excluding ortho intramolecular Hbond substituents is 1. The van der Waals surface area contributed by atoms with Crippen LogP contribution < -0.4 is 16.0 Å². The van der Waals surface area contributed by atoms with Crippen LogP contribution in [-0.4, -0.2) is 56.4 Å². The van der Waals surface area contributed by atoms with Crippen molar-refractivity contribution in [2.45, 2.75) is 33.1 Å². The predicted octanol–water partition coefficient (Wildman–Crippen LogP) is 1.88. The van der Waals surface area contributed by atoms with Gasteiger partial charge in [-0.3, -0.25) is 9.79 Å². The van der Waals surface area contributed by atoms with Crippen LogP contribution in [0.5, 0.6) is 5.75 Å². The Kier molecular flexibility index (Phi) is 11.7. The van der Waals surface area contributed by atoms with E-state index in [-0.39, 0.29) is 11.7 Å². The predicted molar refractivity (Wildman–Crippen MR) is 105 cm³/mol. The molecule has 0 aromatic heterocycles. The number of benzene rings is 1. The fraction of sp³-hybridized carbons (Fsp3) is 0.579. The maximum atomic E-state index is 12.0. The minimum Gasteiger partial charge on any atom is -0.508 e. The first-order valence-electron chi connectivity index (χ1n) is 9.34. The van der Waals surface area contributed by atoms with Gasteiger partial charge in [-0.2, -0.15) is 0 Å². The number of hydrogen-bond donors (Lipinski definition) is 4. The van der Waals surface area contributed by atoms with Crippen molar-refractivity contribution in [2.75, 3.05) is 39.4 Å². The highest BCUT2D eigenvalue weighted by atomic mass is 16.5. The molecule has 4 N–H and O–H groups in total. The molecule has 1 aromatic rings. The lowest BCUT2D eigenvalue weighted by atomic mass is 10.2. The third kappa shape index (κ3) is 9.88. The molecule has 0 spiro atoms. The fourth-order valence-electron chi connectivity index (χ4n) is 2.12. The molecule has 0 saturated carbocycles. The molecule has 0 aliphatic carbocycles. The fourth-order valence-corrected chi connectivity index (χ4v) is 2.12. The number of unbranched alkanes of at least 4 members (excludes halogenated alkanes) is 1. The summed E-state index contributed by atoms with van der Waals surface area (Å²) in [6.45, 7) is 8.23. The van der Waals surface area contributed by atoms with Gasteiger partial charge in [-0.1, -0.05) is 13.3 Å². The number of hydrogen-bond acceptors (Lipinski definition) is 4. The van der Waals surface area contributed by atoms with Gasteiger partial charge in [0.05, 0.1) is 0 Å². The number of carbonyl (C=O) groups excluding carboxylic acids is 1. The van der Waals surface area contributed by atoms with E-state index in [1.807, 2.05) is 6.92 Å². The summed E-state index contributed by atoms with van der Waals surface area (Å²) in [6.07, 6.45) is 3.14. The lowest BCUT2D eigenvalue weighted by Gasteiger charge is -2.12. The van der Waals surface area contributed by atoms with Crippen molar-refractivity contribution in [3.8, 4) is 5.75 Å². The van der Waals surface area contributed by atoms with Crippen molar-refractivity contribution in [3.05, 3.63) is 29.8 Å². The van der Waals surface area contributed by atoms with Crippen LogP contribution in [0.4, 0.5) is 0 Å². The van der Waals surface area contributed by atoms with Crippen LogP contribution in [0.3, 0.4) is 0 Å². The highest BCUT2D eigenvalue weighted by Crippen LogP contribution is 2.09. The Morgan fingerprint density at radius 2 is 1.73 bits per heavy atom. The molecule has 0 atom stereocenters. The summed E-state index contributed by atoms with van der Waals surface area (Å²) >= 11 is 0. The van der Waals surface area contributed by atoms with Gasteiger partial charge in [0.1, 0.15) is 5.75 Å². The zero-order chi connectivity index (χ0) is 19.0. The SMILES string of the molecule is CCCCOCCCN=C(NCC)NCCNC(=O)c1ccc(O)cc1. The van der Waals surface area contributed by atoms with Gasteiger partial charge in [-0.25, -0.2) is 0 Å². The summed E-state index contributed by atoms with van der Waals surface area (Å²) in [7, 11) is 0. The molecule has 0 bridgehead atoms. The van der Waals surface area contributed by atoms with Crippen molar-refractivity contribution in [1.82, 2.24) is 16.0 Å². The van der Waals surface area contributed by atoms with E-state index in [0.717, 1.165) is 45.0 Å². The number of aromatic hydroxyl groups is 1. The first-order chi connectivity index (χ1) is 12.7. The van der Waals surface area contributed by atoms with Gasteiger partial charge >= 0.3 is 0 Å². The number of aliphatic imine (C=N–C) groups is 1. The molecule has 146 valence electrons. The Balaban J connectivity index is 2.22. The number of phenols is 1. The van der Waals surface area contributed by atoms with Crippen molar-refractivity contribution in [1.29, 1.82) is 0 Å². The van der Waals surface area contributed by atoms with E-state index < -0.39 is 0 Å². The number of guanidine groups is 1. The maximum Gasteiger partial charge on any atom is 0.251 e. The molecule has 0 heterocycles. The first-order valence-corrected chi connectivity index (χ1v) is 9.34. The van der Waals surface area contributed by atoms with E-state index in [4.69, 9.17) is 4.74 Å².